The van der Waals surface area contributed by atoms with E-state index in [-0.39, 0.29) is 25.0 Å². The van der Waals surface area contributed by atoms with Gasteiger partial charge < -0.3 is 10.1 Å². The van der Waals surface area contributed by atoms with Crippen molar-refractivity contribution < 1.29 is 14.3 Å². The number of nitrogens with one attached hydrogen (secondary N) is 1. The van der Waals surface area contributed by atoms with Crippen molar-refractivity contribution in [2.24, 2.45) is 0 Å². The normalized spacial score (nSPS) is 11.6. The van der Waals surface area contributed by atoms with Gasteiger partial charge in [0.1, 0.15) is 0 Å². The molecule has 0 aliphatic heterocycles. The molecule has 2 aromatic rings. The molecule has 0 heterocycles. The number of carbonyl (C=O) groups is 2. The average molecular weight is 325 g/mol. The number of carbonyl (C=O) groups excluding carboxylic acids is 2. The van der Waals surface area contributed by atoms with Crippen LogP contribution in [0.2, 0.25) is 0 Å². The molecule has 126 valence electrons. The quantitative estimate of drug-likeness (QED) is 0.794. The second-order valence-corrected chi connectivity index (χ2v) is 5.78. The highest BCUT2D eigenvalue weighted by Gasteiger charge is 2.10. The van der Waals surface area contributed by atoms with Crippen LogP contribution in [0.15, 0.2) is 54.6 Å². The zero-order valence-corrected chi connectivity index (χ0v) is 14.1. The molecule has 2 rings (SSSR count). The van der Waals surface area contributed by atoms with E-state index < -0.39 is 5.97 Å². The van der Waals surface area contributed by atoms with Crippen molar-refractivity contribution in [3.8, 4) is 11.1 Å². The number of hydrogen-bond donors (Lipinski definition) is 1. The highest BCUT2D eigenvalue weighted by Crippen LogP contribution is 2.19. The van der Waals surface area contributed by atoms with Crippen molar-refractivity contribution >= 4 is 11.9 Å². The van der Waals surface area contributed by atoms with Crippen LogP contribution in [0.3, 0.4) is 0 Å². The van der Waals surface area contributed by atoms with E-state index in [4.69, 9.17) is 4.74 Å². The Morgan fingerprint density at radius 3 is 2.25 bits per heavy atom. The third-order valence-corrected chi connectivity index (χ3v) is 3.79. The monoisotopic (exact) mass is 325 g/mol. The maximum absolute atomic E-state index is 11.8. The lowest BCUT2D eigenvalue weighted by atomic mass is 10.0. The largest absolute Gasteiger partial charge is 0.455 e. The molecule has 0 bridgehead atoms. The lowest BCUT2D eigenvalue weighted by molar-refractivity contribution is -0.148. The molecule has 4 nitrogen and oxygen atoms in total. The summed E-state index contributed by atoms with van der Waals surface area (Å²) in [5.74, 6) is -0.668. The number of rotatable bonds is 7. The fraction of sp³-hybridized carbons (Fsp3) is 0.300. The second-order valence-electron chi connectivity index (χ2n) is 5.78. The van der Waals surface area contributed by atoms with Gasteiger partial charge in [0, 0.05) is 6.04 Å². The Morgan fingerprint density at radius 1 is 1.00 bits per heavy atom. The highest BCUT2D eigenvalue weighted by atomic mass is 16.5. The Labute approximate surface area is 142 Å². The number of hydrogen-bond acceptors (Lipinski definition) is 3. The summed E-state index contributed by atoms with van der Waals surface area (Å²) in [6.45, 7) is 3.66. The van der Waals surface area contributed by atoms with Gasteiger partial charge in [-0.2, -0.15) is 0 Å². The van der Waals surface area contributed by atoms with E-state index in [9.17, 15) is 9.59 Å². The zero-order valence-electron chi connectivity index (χ0n) is 14.1. The summed E-state index contributed by atoms with van der Waals surface area (Å²) in [5.41, 5.74) is 3.09. The van der Waals surface area contributed by atoms with Crippen molar-refractivity contribution in [1.29, 1.82) is 0 Å². The second kappa shape index (κ2) is 8.87. The molecular formula is C20H23NO3. The molecule has 0 unspecified atom stereocenters. The van der Waals surface area contributed by atoms with Gasteiger partial charge in [-0.25, -0.2) is 0 Å². The molecule has 2 aromatic carbocycles. The Balaban J connectivity index is 1.83. The minimum atomic E-state index is -0.401. The van der Waals surface area contributed by atoms with E-state index in [0.717, 1.165) is 23.1 Å². The number of amides is 1. The summed E-state index contributed by atoms with van der Waals surface area (Å²) in [6.07, 6.45) is 0.999. The lowest BCUT2D eigenvalue weighted by Gasteiger charge is -2.11. The van der Waals surface area contributed by atoms with Crippen LogP contribution in [-0.4, -0.2) is 24.5 Å². The molecule has 0 aliphatic carbocycles. The molecule has 0 spiro atoms. The standard InChI is InChI=1S/C20H23NO3/c1-3-15(2)21-19(22)14-24-20(23)13-16-9-11-18(12-10-16)17-7-5-4-6-8-17/h4-12,15H,3,13-14H2,1-2H3,(H,21,22)/t15-/m1/s1. The zero-order chi connectivity index (χ0) is 17.4. The van der Waals surface area contributed by atoms with Gasteiger partial charge in [0.05, 0.1) is 6.42 Å². The van der Waals surface area contributed by atoms with E-state index in [2.05, 4.69) is 5.32 Å². The summed E-state index contributed by atoms with van der Waals surface area (Å²) in [4.78, 5) is 23.4. The Kier molecular flexibility index (Phi) is 6.55. The fourth-order valence-corrected chi connectivity index (χ4v) is 2.23. The van der Waals surface area contributed by atoms with Crippen molar-refractivity contribution in [3.05, 3.63) is 60.2 Å². The first-order valence-corrected chi connectivity index (χ1v) is 8.18. The molecule has 1 amide bonds. The first kappa shape index (κ1) is 17.7. The van der Waals surface area contributed by atoms with E-state index in [1.54, 1.807) is 0 Å². The van der Waals surface area contributed by atoms with Gasteiger partial charge in [-0.3, -0.25) is 9.59 Å². The summed E-state index contributed by atoms with van der Waals surface area (Å²) < 4.78 is 5.02. The molecular weight excluding hydrogens is 302 g/mol. The van der Waals surface area contributed by atoms with Crippen LogP contribution in [0, 0.1) is 0 Å². The van der Waals surface area contributed by atoms with Gasteiger partial charge in [0.2, 0.25) is 0 Å². The van der Waals surface area contributed by atoms with Crippen LogP contribution in [0.25, 0.3) is 11.1 Å². The summed E-state index contributed by atoms with van der Waals surface area (Å²) in [5, 5.41) is 2.76. The predicted molar refractivity (Wildman–Crippen MR) is 94.4 cm³/mol. The van der Waals surface area contributed by atoms with E-state index in [1.165, 1.54) is 0 Å². The van der Waals surface area contributed by atoms with Crippen molar-refractivity contribution in [2.75, 3.05) is 6.61 Å². The molecule has 1 atom stereocenters. The molecule has 1 N–H and O–H groups in total. The first-order chi connectivity index (χ1) is 11.6. The van der Waals surface area contributed by atoms with Gasteiger partial charge in [-0.05, 0) is 30.0 Å². The Hall–Kier alpha value is -2.62. The third kappa shape index (κ3) is 5.54. The molecule has 0 saturated heterocycles. The van der Waals surface area contributed by atoms with Gasteiger partial charge in [-0.15, -0.1) is 0 Å². The minimum absolute atomic E-state index is 0.0849. The van der Waals surface area contributed by atoms with E-state index in [0.29, 0.717) is 0 Å². The predicted octanol–water partition coefficient (Wildman–Crippen LogP) is 3.35. The Morgan fingerprint density at radius 2 is 1.62 bits per heavy atom. The maximum atomic E-state index is 11.8. The first-order valence-electron chi connectivity index (χ1n) is 8.18. The van der Waals surface area contributed by atoms with Crippen LogP contribution in [0.5, 0.6) is 0 Å². The number of benzene rings is 2. The molecule has 4 heteroatoms. The number of ether oxygens (including phenoxy) is 1. The minimum Gasteiger partial charge on any atom is -0.455 e. The van der Waals surface area contributed by atoms with Crippen molar-refractivity contribution in [1.82, 2.24) is 5.32 Å². The van der Waals surface area contributed by atoms with Crippen molar-refractivity contribution in [3.63, 3.8) is 0 Å². The van der Waals surface area contributed by atoms with Crippen LogP contribution < -0.4 is 5.32 Å². The highest BCUT2D eigenvalue weighted by molar-refractivity contribution is 5.81. The number of esters is 1. The van der Waals surface area contributed by atoms with Gasteiger partial charge >= 0.3 is 5.97 Å². The molecule has 0 fully saturated rings. The molecule has 24 heavy (non-hydrogen) atoms. The summed E-state index contributed by atoms with van der Waals surface area (Å²) >= 11 is 0. The molecule has 0 saturated carbocycles. The molecule has 0 aromatic heterocycles. The summed E-state index contributed by atoms with van der Waals surface area (Å²) in [6, 6.07) is 17.9. The SMILES string of the molecule is CC[C@@H](C)NC(=O)COC(=O)Cc1ccc(-c2ccccc2)cc1. The third-order valence-electron chi connectivity index (χ3n) is 3.79. The smallest absolute Gasteiger partial charge is 0.310 e. The van der Waals surface area contributed by atoms with E-state index in [1.807, 2.05) is 68.4 Å². The topological polar surface area (TPSA) is 55.4 Å². The van der Waals surface area contributed by atoms with Gasteiger partial charge in [-0.1, -0.05) is 61.5 Å². The molecule has 0 aliphatic rings. The van der Waals surface area contributed by atoms with Crippen LogP contribution >= 0.6 is 0 Å². The molecule has 0 radical (unpaired) electrons. The Bertz CT molecular complexity index is 665. The van der Waals surface area contributed by atoms with E-state index >= 15 is 0 Å². The summed E-state index contributed by atoms with van der Waals surface area (Å²) in [7, 11) is 0. The fourth-order valence-electron chi connectivity index (χ4n) is 2.23. The van der Waals surface area contributed by atoms with Crippen molar-refractivity contribution in [2.45, 2.75) is 32.7 Å². The average Bonchev–Trinajstić information content (AvgIpc) is 2.61. The maximum Gasteiger partial charge on any atom is 0.310 e. The lowest BCUT2D eigenvalue weighted by Crippen LogP contribution is -2.35. The van der Waals surface area contributed by atoms with Crippen LogP contribution in [0.4, 0.5) is 0 Å². The van der Waals surface area contributed by atoms with Gasteiger partial charge in [0.15, 0.2) is 6.61 Å². The van der Waals surface area contributed by atoms with Crippen LogP contribution in [-0.2, 0) is 20.7 Å². The van der Waals surface area contributed by atoms with Gasteiger partial charge in [0.25, 0.3) is 5.91 Å². The van der Waals surface area contributed by atoms with Crippen LogP contribution in [0.1, 0.15) is 25.8 Å².